The molecule has 1 aliphatic carbocycles. The van der Waals surface area contributed by atoms with Crippen molar-refractivity contribution in [1.29, 1.82) is 0 Å². The SMILES string of the molecule is CO[C@H]1CN(C)C(=O)c2ccc(NC(=O)C3CC3)cc2OC[C@@H](C)N(Cc2nccs2)C[C@H]1C. The van der Waals surface area contributed by atoms with E-state index in [0.29, 0.717) is 30.2 Å². The molecular weight excluding hydrogens is 452 g/mol. The molecule has 0 spiro atoms. The molecule has 0 unspecified atom stereocenters. The predicted molar refractivity (Wildman–Crippen MR) is 132 cm³/mol. The van der Waals surface area contributed by atoms with Crippen molar-refractivity contribution in [3.8, 4) is 5.75 Å². The maximum absolute atomic E-state index is 13.3. The van der Waals surface area contributed by atoms with E-state index in [2.05, 4.69) is 29.0 Å². The van der Waals surface area contributed by atoms with E-state index in [1.165, 1.54) is 0 Å². The minimum absolute atomic E-state index is 0.0245. The van der Waals surface area contributed by atoms with Crippen LogP contribution < -0.4 is 10.1 Å². The number of hydrogen-bond acceptors (Lipinski definition) is 7. The minimum atomic E-state index is -0.128. The van der Waals surface area contributed by atoms with Gasteiger partial charge < -0.3 is 19.7 Å². The van der Waals surface area contributed by atoms with Crippen molar-refractivity contribution in [3.63, 3.8) is 0 Å². The van der Waals surface area contributed by atoms with Crippen molar-refractivity contribution in [1.82, 2.24) is 14.8 Å². The number of thiazole rings is 1. The molecule has 184 valence electrons. The second-order valence-electron chi connectivity index (χ2n) is 9.43. The van der Waals surface area contributed by atoms with Crippen LogP contribution in [0.1, 0.15) is 42.1 Å². The number of anilines is 1. The molecule has 2 aliphatic rings. The number of methoxy groups -OCH3 is 1. The molecule has 9 heteroatoms. The van der Waals surface area contributed by atoms with E-state index in [0.717, 1.165) is 30.9 Å². The van der Waals surface area contributed by atoms with E-state index in [1.54, 1.807) is 48.6 Å². The summed E-state index contributed by atoms with van der Waals surface area (Å²) in [5, 5.41) is 6.00. The smallest absolute Gasteiger partial charge is 0.257 e. The van der Waals surface area contributed by atoms with Gasteiger partial charge in [0.05, 0.1) is 18.2 Å². The average Bonchev–Trinajstić information content (AvgIpc) is 3.56. The van der Waals surface area contributed by atoms with Crippen molar-refractivity contribution < 1.29 is 19.1 Å². The first-order chi connectivity index (χ1) is 16.4. The fourth-order valence-electron chi connectivity index (χ4n) is 4.24. The average molecular weight is 487 g/mol. The van der Waals surface area contributed by atoms with Crippen LogP contribution in [0.15, 0.2) is 29.8 Å². The highest BCUT2D eigenvalue weighted by atomic mass is 32.1. The Morgan fingerprint density at radius 2 is 2.09 bits per heavy atom. The lowest BCUT2D eigenvalue weighted by Gasteiger charge is -2.35. The van der Waals surface area contributed by atoms with Crippen LogP contribution in [0.2, 0.25) is 0 Å². The lowest BCUT2D eigenvalue weighted by molar-refractivity contribution is -0.117. The van der Waals surface area contributed by atoms with E-state index in [4.69, 9.17) is 9.47 Å². The summed E-state index contributed by atoms with van der Waals surface area (Å²) >= 11 is 1.64. The molecule has 3 atom stereocenters. The van der Waals surface area contributed by atoms with Gasteiger partial charge in [-0.1, -0.05) is 6.92 Å². The molecule has 1 saturated carbocycles. The highest BCUT2D eigenvalue weighted by molar-refractivity contribution is 7.09. The van der Waals surface area contributed by atoms with Crippen molar-refractivity contribution >= 4 is 28.8 Å². The Bertz CT molecular complexity index is 995. The number of aromatic nitrogens is 1. The topological polar surface area (TPSA) is 84.0 Å². The zero-order valence-corrected chi connectivity index (χ0v) is 21.1. The number of ether oxygens (including phenoxy) is 2. The fraction of sp³-hybridized carbons (Fsp3) is 0.560. The van der Waals surface area contributed by atoms with Crippen LogP contribution in [0, 0.1) is 11.8 Å². The Morgan fingerprint density at radius 1 is 1.29 bits per heavy atom. The summed E-state index contributed by atoms with van der Waals surface area (Å²) in [5.41, 5.74) is 1.13. The van der Waals surface area contributed by atoms with Gasteiger partial charge in [0, 0.05) is 62.5 Å². The summed E-state index contributed by atoms with van der Waals surface area (Å²) in [6, 6.07) is 5.36. The maximum atomic E-state index is 13.3. The lowest BCUT2D eigenvalue weighted by atomic mass is 10.0. The Labute approximate surface area is 205 Å². The largest absolute Gasteiger partial charge is 0.491 e. The first-order valence-corrected chi connectivity index (χ1v) is 12.7. The van der Waals surface area contributed by atoms with Crippen LogP contribution in [0.25, 0.3) is 0 Å². The Balaban J connectivity index is 1.62. The van der Waals surface area contributed by atoms with E-state index in [9.17, 15) is 9.59 Å². The fourth-order valence-corrected chi connectivity index (χ4v) is 4.88. The van der Waals surface area contributed by atoms with Crippen LogP contribution in [0.5, 0.6) is 5.75 Å². The van der Waals surface area contributed by atoms with Gasteiger partial charge in [0.2, 0.25) is 5.91 Å². The number of carbonyl (C=O) groups excluding carboxylic acids is 2. The highest BCUT2D eigenvalue weighted by Gasteiger charge is 2.31. The lowest BCUT2D eigenvalue weighted by Crippen LogP contribution is -2.46. The van der Waals surface area contributed by atoms with Crippen LogP contribution >= 0.6 is 11.3 Å². The number of nitrogens with zero attached hydrogens (tertiary/aromatic N) is 3. The molecule has 1 fully saturated rings. The van der Waals surface area contributed by atoms with E-state index in [1.807, 2.05) is 11.6 Å². The molecule has 1 aromatic heterocycles. The normalized spacial score (nSPS) is 24.5. The summed E-state index contributed by atoms with van der Waals surface area (Å²) in [5.74, 6) is 0.673. The molecule has 0 bridgehead atoms. The second-order valence-corrected chi connectivity index (χ2v) is 10.4. The molecule has 1 aromatic carbocycles. The van der Waals surface area contributed by atoms with Crippen molar-refractivity contribution in [2.45, 2.75) is 45.4 Å². The van der Waals surface area contributed by atoms with Gasteiger partial charge in [-0.3, -0.25) is 14.5 Å². The highest BCUT2D eigenvalue weighted by Crippen LogP contribution is 2.32. The van der Waals surface area contributed by atoms with Crippen molar-refractivity contribution in [2.24, 2.45) is 11.8 Å². The number of nitrogens with one attached hydrogen (secondary N) is 1. The van der Waals surface area contributed by atoms with Crippen molar-refractivity contribution in [2.75, 3.05) is 39.2 Å². The van der Waals surface area contributed by atoms with Gasteiger partial charge in [-0.25, -0.2) is 4.98 Å². The van der Waals surface area contributed by atoms with Gasteiger partial charge in [-0.2, -0.15) is 0 Å². The number of likely N-dealkylation sites (N-methyl/N-ethyl adjacent to an activating group) is 1. The maximum Gasteiger partial charge on any atom is 0.257 e. The zero-order valence-electron chi connectivity index (χ0n) is 20.3. The third-order valence-corrected chi connectivity index (χ3v) is 7.38. The van der Waals surface area contributed by atoms with Gasteiger partial charge in [-0.05, 0) is 37.8 Å². The van der Waals surface area contributed by atoms with Gasteiger partial charge in [-0.15, -0.1) is 11.3 Å². The van der Waals surface area contributed by atoms with Gasteiger partial charge >= 0.3 is 0 Å². The van der Waals surface area contributed by atoms with Crippen LogP contribution in [-0.4, -0.2) is 72.6 Å². The number of benzene rings is 1. The standard InChI is InChI=1S/C25H34N4O4S/c1-16-12-29(14-23-26-9-10-34-23)17(2)15-33-21-11-19(27-24(30)18-5-6-18)7-8-20(21)25(31)28(3)13-22(16)32-4/h7-11,16-18,22H,5-6,12-15H2,1-4H3,(H,27,30)/t16-,17-,22+/m1/s1. The Kier molecular flexibility index (Phi) is 7.85. The van der Waals surface area contributed by atoms with Gasteiger partial charge in [0.25, 0.3) is 5.91 Å². The third kappa shape index (κ3) is 5.95. The summed E-state index contributed by atoms with van der Waals surface area (Å²) < 4.78 is 12.1. The molecule has 34 heavy (non-hydrogen) atoms. The molecule has 2 heterocycles. The molecule has 1 N–H and O–H groups in total. The Hall–Kier alpha value is -2.49. The first-order valence-electron chi connectivity index (χ1n) is 11.8. The van der Waals surface area contributed by atoms with Crippen LogP contribution in [0.4, 0.5) is 5.69 Å². The zero-order chi connectivity index (χ0) is 24.2. The minimum Gasteiger partial charge on any atom is -0.491 e. The van der Waals surface area contributed by atoms with Crippen LogP contribution in [0.3, 0.4) is 0 Å². The second kappa shape index (κ2) is 10.8. The molecule has 1 aliphatic heterocycles. The number of rotatable bonds is 5. The van der Waals surface area contributed by atoms with Crippen molar-refractivity contribution in [3.05, 3.63) is 40.3 Å². The first kappa shape index (κ1) is 24.6. The van der Waals surface area contributed by atoms with Gasteiger partial charge in [0.15, 0.2) is 0 Å². The monoisotopic (exact) mass is 486 g/mol. The molecule has 8 nitrogen and oxygen atoms in total. The van der Waals surface area contributed by atoms with E-state index < -0.39 is 0 Å². The van der Waals surface area contributed by atoms with Gasteiger partial charge in [0.1, 0.15) is 17.4 Å². The number of amides is 2. The molecule has 2 amide bonds. The molecule has 0 radical (unpaired) electrons. The quantitative estimate of drug-likeness (QED) is 0.697. The molecular formula is C25H34N4O4S. The molecule has 2 aromatic rings. The number of fused-ring (bicyclic) bond motifs is 1. The number of hydrogen-bond donors (Lipinski definition) is 1. The molecule has 0 saturated heterocycles. The summed E-state index contributed by atoms with van der Waals surface area (Å²) in [6.45, 7) is 6.66. The summed E-state index contributed by atoms with van der Waals surface area (Å²) in [7, 11) is 3.49. The summed E-state index contributed by atoms with van der Waals surface area (Å²) in [4.78, 5) is 34.1. The molecule has 4 rings (SSSR count). The third-order valence-electron chi connectivity index (χ3n) is 6.61. The van der Waals surface area contributed by atoms with E-state index >= 15 is 0 Å². The van der Waals surface area contributed by atoms with E-state index in [-0.39, 0.29) is 35.8 Å². The predicted octanol–water partition coefficient (Wildman–Crippen LogP) is 3.50. The summed E-state index contributed by atoms with van der Waals surface area (Å²) in [6.07, 6.45) is 3.58. The number of carbonyl (C=O) groups is 2. The van der Waals surface area contributed by atoms with Crippen LogP contribution in [-0.2, 0) is 16.1 Å². The Morgan fingerprint density at radius 3 is 2.76 bits per heavy atom.